The van der Waals surface area contributed by atoms with Gasteiger partial charge in [-0.2, -0.15) is 0 Å². The molecule has 0 saturated carbocycles. The van der Waals surface area contributed by atoms with E-state index in [2.05, 4.69) is 0 Å². The van der Waals surface area contributed by atoms with Crippen molar-refractivity contribution in [3.05, 3.63) is 23.8 Å². The zero-order chi connectivity index (χ0) is 11.1. The first-order chi connectivity index (χ1) is 7.31. The summed E-state index contributed by atoms with van der Waals surface area (Å²) in [7, 11) is 0. The molecule has 0 saturated heterocycles. The van der Waals surface area contributed by atoms with E-state index in [1.165, 1.54) is 0 Å². The van der Waals surface area contributed by atoms with Crippen LogP contribution in [0.4, 0.5) is 0 Å². The molecular weight excluding hydrogens is 194 g/mol. The first-order valence-corrected chi connectivity index (χ1v) is 5.01. The van der Waals surface area contributed by atoms with Crippen molar-refractivity contribution in [1.82, 2.24) is 0 Å². The highest BCUT2D eigenvalue weighted by molar-refractivity contribution is 5.42. The minimum atomic E-state index is -0.00972. The lowest BCUT2D eigenvalue weighted by Crippen LogP contribution is -2.05. The van der Waals surface area contributed by atoms with Gasteiger partial charge in [-0.3, -0.25) is 0 Å². The smallest absolute Gasteiger partial charge is 0.161 e. The number of aliphatic hydroxyl groups excluding tert-OH is 1. The third kappa shape index (κ3) is 3.42. The number of rotatable bonds is 6. The van der Waals surface area contributed by atoms with E-state index in [-0.39, 0.29) is 13.2 Å². The lowest BCUT2D eigenvalue weighted by Gasteiger charge is -2.12. The number of hydrogen-bond acceptors (Lipinski definition) is 4. The summed E-state index contributed by atoms with van der Waals surface area (Å²) < 4.78 is 10.7. The molecule has 0 atom stereocenters. The minimum absolute atomic E-state index is 0.00972. The Morgan fingerprint density at radius 1 is 1.27 bits per heavy atom. The van der Waals surface area contributed by atoms with Crippen molar-refractivity contribution in [2.24, 2.45) is 5.73 Å². The second kappa shape index (κ2) is 6.27. The van der Waals surface area contributed by atoms with Crippen molar-refractivity contribution < 1.29 is 14.6 Å². The first-order valence-electron chi connectivity index (χ1n) is 5.01. The van der Waals surface area contributed by atoms with E-state index in [0.717, 1.165) is 5.56 Å². The fraction of sp³-hybridized carbons (Fsp3) is 0.455. The van der Waals surface area contributed by atoms with E-state index in [1.807, 2.05) is 25.1 Å². The molecule has 15 heavy (non-hydrogen) atoms. The van der Waals surface area contributed by atoms with Crippen LogP contribution in [0, 0.1) is 0 Å². The van der Waals surface area contributed by atoms with Crippen LogP contribution in [0.1, 0.15) is 12.5 Å². The molecule has 84 valence electrons. The van der Waals surface area contributed by atoms with Crippen molar-refractivity contribution >= 4 is 0 Å². The molecule has 0 unspecified atom stereocenters. The summed E-state index contributed by atoms with van der Waals surface area (Å²) in [5, 5.41) is 8.66. The third-order valence-electron chi connectivity index (χ3n) is 1.89. The van der Waals surface area contributed by atoms with Crippen LogP contribution >= 0.6 is 0 Å². The summed E-state index contributed by atoms with van der Waals surface area (Å²) in [6.07, 6.45) is 0. The molecule has 1 rings (SSSR count). The van der Waals surface area contributed by atoms with E-state index in [4.69, 9.17) is 20.3 Å². The van der Waals surface area contributed by atoms with Crippen molar-refractivity contribution in [3.8, 4) is 11.5 Å². The summed E-state index contributed by atoms with van der Waals surface area (Å²) in [6.45, 7) is 3.21. The predicted octanol–water partition coefficient (Wildman–Crippen LogP) is 0.915. The van der Waals surface area contributed by atoms with E-state index in [0.29, 0.717) is 24.7 Å². The molecule has 0 radical (unpaired) electrons. The van der Waals surface area contributed by atoms with Crippen LogP contribution < -0.4 is 15.2 Å². The van der Waals surface area contributed by atoms with Gasteiger partial charge in [0.05, 0.1) is 13.2 Å². The molecule has 0 fully saturated rings. The normalized spacial score (nSPS) is 10.1. The highest BCUT2D eigenvalue weighted by Crippen LogP contribution is 2.28. The van der Waals surface area contributed by atoms with E-state index in [9.17, 15) is 0 Å². The van der Waals surface area contributed by atoms with Crippen molar-refractivity contribution in [2.45, 2.75) is 13.5 Å². The fourth-order valence-corrected chi connectivity index (χ4v) is 1.22. The monoisotopic (exact) mass is 211 g/mol. The largest absolute Gasteiger partial charge is 0.490 e. The van der Waals surface area contributed by atoms with Gasteiger partial charge in [0, 0.05) is 6.54 Å². The van der Waals surface area contributed by atoms with E-state index < -0.39 is 0 Å². The molecule has 0 spiro atoms. The zero-order valence-corrected chi connectivity index (χ0v) is 8.90. The Hall–Kier alpha value is -1.26. The summed E-state index contributed by atoms with van der Waals surface area (Å²) in [5.41, 5.74) is 6.52. The van der Waals surface area contributed by atoms with Crippen LogP contribution in [0.3, 0.4) is 0 Å². The minimum Gasteiger partial charge on any atom is -0.490 e. The molecule has 1 aromatic rings. The molecule has 3 N–H and O–H groups in total. The zero-order valence-electron chi connectivity index (χ0n) is 8.90. The maximum atomic E-state index is 8.66. The van der Waals surface area contributed by atoms with Gasteiger partial charge in [-0.15, -0.1) is 0 Å². The Morgan fingerprint density at radius 2 is 2.07 bits per heavy atom. The molecule has 0 amide bonds. The van der Waals surface area contributed by atoms with E-state index >= 15 is 0 Å². The average molecular weight is 211 g/mol. The topological polar surface area (TPSA) is 64.7 Å². The van der Waals surface area contributed by atoms with Gasteiger partial charge in [-0.25, -0.2) is 0 Å². The first kappa shape index (κ1) is 11.8. The average Bonchev–Trinajstić information content (AvgIpc) is 2.27. The second-order valence-corrected chi connectivity index (χ2v) is 2.99. The predicted molar refractivity (Wildman–Crippen MR) is 58.1 cm³/mol. The summed E-state index contributed by atoms with van der Waals surface area (Å²) in [4.78, 5) is 0. The van der Waals surface area contributed by atoms with Crippen LogP contribution in [-0.2, 0) is 6.54 Å². The van der Waals surface area contributed by atoms with Crippen molar-refractivity contribution in [3.63, 3.8) is 0 Å². The number of ether oxygens (including phenoxy) is 2. The van der Waals surface area contributed by atoms with Gasteiger partial charge in [0.1, 0.15) is 6.61 Å². The standard InChI is InChI=1S/C11H17NO3/c1-2-14-11-7-9(8-12)3-4-10(11)15-6-5-13/h3-4,7,13H,2,5-6,8,12H2,1H3. The molecule has 0 aliphatic rings. The van der Waals surface area contributed by atoms with Crippen molar-refractivity contribution in [1.29, 1.82) is 0 Å². The Labute approximate surface area is 89.6 Å². The Balaban J connectivity index is 2.82. The maximum absolute atomic E-state index is 8.66. The van der Waals surface area contributed by atoms with Gasteiger partial charge in [-0.05, 0) is 24.6 Å². The van der Waals surface area contributed by atoms with Gasteiger partial charge in [0.25, 0.3) is 0 Å². The molecule has 0 aromatic heterocycles. The molecule has 0 aliphatic carbocycles. The number of nitrogens with two attached hydrogens (primary N) is 1. The third-order valence-corrected chi connectivity index (χ3v) is 1.89. The molecule has 1 aromatic carbocycles. The highest BCUT2D eigenvalue weighted by Gasteiger charge is 2.05. The van der Waals surface area contributed by atoms with E-state index in [1.54, 1.807) is 0 Å². The lowest BCUT2D eigenvalue weighted by molar-refractivity contribution is 0.194. The van der Waals surface area contributed by atoms with Gasteiger partial charge >= 0.3 is 0 Å². The van der Waals surface area contributed by atoms with Gasteiger partial charge in [-0.1, -0.05) is 6.07 Å². The SMILES string of the molecule is CCOc1cc(CN)ccc1OCCO. The fourth-order valence-electron chi connectivity index (χ4n) is 1.22. The Morgan fingerprint density at radius 3 is 2.67 bits per heavy atom. The summed E-state index contributed by atoms with van der Waals surface area (Å²) >= 11 is 0. The van der Waals surface area contributed by atoms with Crippen molar-refractivity contribution in [2.75, 3.05) is 19.8 Å². The second-order valence-electron chi connectivity index (χ2n) is 2.99. The molecule has 4 nitrogen and oxygen atoms in total. The van der Waals surface area contributed by atoms with Gasteiger partial charge < -0.3 is 20.3 Å². The van der Waals surface area contributed by atoms with Gasteiger partial charge in [0.15, 0.2) is 11.5 Å². The van der Waals surface area contributed by atoms with Crippen LogP contribution in [0.25, 0.3) is 0 Å². The van der Waals surface area contributed by atoms with Gasteiger partial charge in [0.2, 0.25) is 0 Å². The van der Waals surface area contributed by atoms with Crippen LogP contribution in [0.5, 0.6) is 11.5 Å². The molecular formula is C11H17NO3. The quantitative estimate of drug-likeness (QED) is 0.734. The highest BCUT2D eigenvalue weighted by atomic mass is 16.5. The summed E-state index contributed by atoms with van der Waals surface area (Å²) in [5.74, 6) is 1.32. The molecule has 0 bridgehead atoms. The van der Waals surface area contributed by atoms with Crippen LogP contribution in [0.2, 0.25) is 0 Å². The molecule has 4 heteroatoms. The lowest BCUT2D eigenvalue weighted by atomic mass is 10.2. The maximum Gasteiger partial charge on any atom is 0.161 e. The van der Waals surface area contributed by atoms with Crippen LogP contribution in [0.15, 0.2) is 18.2 Å². The number of benzene rings is 1. The summed E-state index contributed by atoms with van der Waals surface area (Å²) in [6, 6.07) is 5.55. The number of hydrogen-bond donors (Lipinski definition) is 2. The molecule has 0 aliphatic heterocycles. The molecule has 0 heterocycles. The Bertz CT molecular complexity index is 302. The number of aliphatic hydroxyl groups is 1. The van der Waals surface area contributed by atoms with Crippen LogP contribution in [-0.4, -0.2) is 24.9 Å². The Kier molecular flexibility index (Phi) is 4.93.